The fraction of sp³-hybridized carbons (Fsp3) is 0.389. The van der Waals surface area contributed by atoms with E-state index in [4.69, 9.17) is 11.6 Å². The summed E-state index contributed by atoms with van der Waals surface area (Å²) in [5.41, 5.74) is -0.954. The molecule has 0 bridgehead atoms. The van der Waals surface area contributed by atoms with Gasteiger partial charge >= 0.3 is 6.18 Å². The average Bonchev–Trinajstić information content (AvgIpc) is 2.91. The molecule has 1 aromatic carbocycles. The summed E-state index contributed by atoms with van der Waals surface area (Å²) in [6.45, 7) is 1.31. The first kappa shape index (κ1) is 19.4. The SMILES string of the molecule is O=C(c1cc(Nc2ccc(Cl)cc2C(F)(F)F)ncn1)N1CCCCCC1. The van der Waals surface area contributed by atoms with Crippen LogP contribution in [0.1, 0.15) is 41.7 Å². The van der Waals surface area contributed by atoms with Crippen molar-refractivity contribution in [1.29, 1.82) is 0 Å². The van der Waals surface area contributed by atoms with E-state index in [1.54, 1.807) is 4.90 Å². The summed E-state index contributed by atoms with van der Waals surface area (Å²) >= 11 is 5.69. The van der Waals surface area contributed by atoms with E-state index in [9.17, 15) is 18.0 Å². The largest absolute Gasteiger partial charge is 0.418 e. The fourth-order valence-electron chi connectivity index (χ4n) is 2.98. The molecule has 2 aromatic rings. The second-order valence-corrected chi connectivity index (χ2v) is 6.74. The van der Waals surface area contributed by atoms with Crippen LogP contribution in [-0.2, 0) is 6.18 Å². The lowest BCUT2D eigenvalue weighted by Crippen LogP contribution is -2.32. The summed E-state index contributed by atoms with van der Waals surface area (Å²) in [4.78, 5) is 22.3. The minimum Gasteiger partial charge on any atom is -0.340 e. The third kappa shape index (κ3) is 4.88. The maximum absolute atomic E-state index is 13.2. The number of anilines is 2. The lowest BCUT2D eigenvalue weighted by molar-refractivity contribution is -0.136. The molecule has 1 amide bonds. The van der Waals surface area contributed by atoms with Crippen LogP contribution in [-0.4, -0.2) is 33.9 Å². The van der Waals surface area contributed by atoms with Crippen molar-refractivity contribution in [3.05, 3.63) is 46.9 Å². The van der Waals surface area contributed by atoms with Crippen molar-refractivity contribution in [2.24, 2.45) is 0 Å². The van der Waals surface area contributed by atoms with E-state index in [-0.39, 0.29) is 28.1 Å². The number of hydrogen-bond donors (Lipinski definition) is 1. The first-order chi connectivity index (χ1) is 12.8. The maximum atomic E-state index is 13.2. The number of amides is 1. The number of carbonyl (C=O) groups excluding carboxylic acids is 1. The highest BCUT2D eigenvalue weighted by molar-refractivity contribution is 6.30. The molecule has 0 unspecified atom stereocenters. The summed E-state index contributed by atoms with van der Waals surface area (Å²) in [5, 5.41) is 2.60. The van der Waals surface area contributed by atoms with Crippen LogP contribution in [0.15, 0.2) is 30.6 Å². The van der Waals surface area contributed by atoms with Gasteiger partial charge < -0.3 is 10.2 Å². The molecule has 3 rings (SSSR count). The maximum Gasteiger partial charge on any atom is 0.418 e. The third-order valence-corrected chi connectivity index (χ3v) is 4.56. The van der Waals surface area contributed by atoms with Crippen molar-refractivity contribution in [1.82, 2.24) is 14.9 Å². The summed E-state index contributed by atoms with van der Waals surface area (Å²) in [7, 11) is 0. The molecule has 0 aliphatic carbocycles. The normalized spacial score (nSPS) is 15.3. The van der Waals surface area contributed by atoms with Crippen molar-refractivity contribution in [3.8, 4) is 0 Å². The second-order valence-electron chi connectivity index (χ2n) is 6.31. The Morgan fingerprint density at radius 3 is 2.44 bits per heavy atom. The van der Waals surface area contributed by atoms with Gasteiger partial charge in [-0.1, -0.05) is 24.4 Å². The molecule has 2 heterocycles. The van der Waals surface area contributed by atoms with Crippen LogP contribution in [0.2, 0.25) is 5.02 Å². The highest BCUT2D eigenvalue weighted by atomic mass is 35.5. The summed E-state index contributed by atoms with van der Waals surface area (Å²) < 4.78 is 39.7. The van der Waals surface area contributed by atoms with Crippen molar-refractivity contribution in [2.45, 2.75) is 31.9 Å². The van der Waals surface area contributed by atoms with Crippen molar-refractivity contribution >= 4 is 29.0 Å². The topological polar surface area (TPSA) is 58.1 Å². The molecule has 0 radical (unpaired) electrons. The van der Waals surface area contributed by atoms with Gasteiger partial charge in [0.25, 0.3) is 5.91 Å². The number of nitrogens with one attached hydrogen (secondary N) is 1. The van der Waals surface area contributed by atoms with Crippen molar-refractivity contribution in [3.63, 3.8) is 0 Å². The van der Waals surface area contributed by atoms with Crippen LogP contribution >= 0.6 is 11.6 Å². The van der Waals surface area contributed by atoms with Gasteiger partial charge in [0.2, 0.25) is 0 Å². The highest BCUT2D eigenvalue weighted by Gasteiger charge is 2.34. The Morgan fingerprint density at radius 1 is 1.07 bits per heavy atom. The third-order valence-electron chi connectivity index (χ3n) is 4.33. The minimum atomic E-state index is -4.58. The Labute approximate surface area is 159 Å². The molecule has 5 nitrogen and oxygen atoms in total. The number of halogens is 4. The molecule has 0 spiro atoms. The Bertz CT molecular complexity index is 820. The molecule has 0 atom stereocenters. The summed E-state index contributed by atoms with van der Waals surface area (Å²) in [5.74, 6) is -0.134. The van der Waals surface area contributed by atoms with E-state index in [2.05, 4.69) is 15.3 Å². The van der Waals surface area contributed by atoms with Crippen LogP contribution in [0, 0.1) is 0 Å². The molecule has 1 aromatic heterocycles. The van der Waals surface area contributed by atoms with E-state index in [0.29, 0.717) is 13.1 Å². The quantitative estimate of drug-likeness (QED) is 0.798. The van der Waals surface area contributed by atoms with Gasteiger partial charge in [-0.3, -0.25) is 4.79 Å². The van der Waals surface area contributed by atoms with E-state index < -0.39 is 11.7 Å². The number of hydrogen-bond acceptors (Lipinski definition) is 4. The zero-order valence-corrected chi connectivity index (χ0v) is 15.1. The van der Waals surface area contributed by atoms with E-state index in [1.165, 1.54) is 18.2 Å². The lowest BCUT2D eigenvalue weighted by Gasteiger charge is -2.20. The fourth-order valence-corrected chi connectivity index (χ4v) is 3.15. The van der Waals surface area contributed by atoms with Gasteiger partial charge in [-0.15, -0.1) is 0 Å². The molecule has 9 heteroatoms. The van der Waals surface area contributed by atoms with Crippen LogP contribution in [0.25, 0.3) is 0 Å². The number of alkyl halides is 3. The standard InChI is InChI=1S/C18H18ClF3N4O/c19-12-5-6-14(13(9-12)18(20,21)22)25-16-10-15(23-11-24-16)17(27)26-7-3-1-2-4-8-26/h5-6,9-11H,1-4,7-8H2,(H,23,24,25). The van der Waals surface area contributed by atoms with Crippen LogP contribution in [0.3, 0.4) is 0 Å². The predicted octanol–water partition coefficient (Wildman–Crippen LogP) is 4.91. The van der Waals surface area contributed by atoms with E-state index >= 15 is 0 Å². The van der Waals surface area contributed by atoms with Crippen molar-refractivity contribution < 1.29 is 18.0 Å². The molecule has 0 saturated carbocycles. The number of rotatable bonds is 3. The zero-order chi connectivity index (χ0) is 19.4. The monoisotopic (exact) mass is 398 g/mol. The molecular formula is C18H18ClF3N4O. The molecule has 1 fully saturated rings. The number of nitrogens with zero attached hydrogens (tertiary/aromatic N) is 3. The zero-order valence-electron chi connectivity index (χ0n) is 14.4. The Balaban J connectivity index is 1.83. The number of likely N-dealkylation sites (tertiary alicyclic amines) is 1. The predicted molar refractivity (Wildman–Crippen MR) is 96.1 cm³/mol. The van der Waals surface area contributed by atoms with E-state index in [0.717, 1.165) is 38.1 Å². The van der Waals surface area contributed by atoms with Gasteiger partial charge in [0.15, 0.2) is 0 Å². The average molecular weight is 399 g/mol. The van der Waals surface area contributed by atoms with Gasteiger partial charge in [-0.25, -0.2) is 9.97 Å². The molecule has 144 valence electrons. The van der Waals surface area contributed by atoms with Gasteiger partial charge in [-0.2, -0.15) is 13.2 Å². The van der Waals surface area contributed by atoms with Gasteiger partial charge in [0, 0.05) is 24.2 Å². The summed E-state index contributed by atoms with van der Waals surface area (Å²) in [6, 6.07) is 4.78. The minimum absolute atomic E-state index is 0.0207. The molecule has 1 aliphatic heterocycles. The molecule has 1 saturated heterocycles. The Hall–Kier alpha value is -2.35. The first-order valence-corrected chi connectivity index (χ1v) is 8.97. The van der Waals surface area contributed by atoms with Crippen LogP contribution in [0.4, 0.5) is 24.7 Å². The highest BCUT2D eigenvalue weighted by Crippen LogP contribution is 2.37. The summed E-state index contributed by atoms with van der Waals surface area (Å²) in [6.07, 6.45) is 0.610. The van der Waals surface area contributed by atoms with E-state index in [1.807, 2.05) is 0 Å². The Kier molecular flexibility index (Phi) is 5.84. The van der Waals surface area contributed by atoms with Gasteiger partial charge in [0.1, 0.15) is 17.8 Å². The van der Waals surface area contributed by atoms with Crippen molar-refractivity contribution in [2.75, 3.05) is 18.4 Å². The molecular weight excluding hydrogens is 381 g/mol. The molecule has 1 aliphatic rings. The van der Waals surface area contributed by atoms with Gasteiger partial charge in [-0.05, 0) is 31.0 Å². The lowest BCUT2D eigenvalue weighted by atomic mass is 10.1. The Morgan fingerprint density at radius 2 is 1.78 bits per heavy atom. The molecule has 1 N–H and O–H groups in total. The van der Waals surface area contributed by atoms with Gasteiger partial charge in [0.05, 0.1) is 11.3 Å². The number of carbonyl (C=O) groups is 1. The number of benzene rings is 1. The van der Waals surface area contributed by atoms with Crippen LogP contribution in [0.5, 0.6) is 0 Å². The molecule has 27 heavy (non-hydrogen) atoms. The van der Waals surface area contributed by atoms with Crippen LogP contribution < -0.4 is 5.32 Å². The first-order valence-electron chi connectivity index (χ1n) is 8.60. The second kappa shape index (κ2) is 8.12. The number of aromatic nitrogens is 2. The smallest absolute Gasteiger partial charge is 0.340 e.